The van der Waals surface area contributed by atoms with E-state index in [2.05, 4.69) is 9.71 Å². The number of aromatic nitrogens is 1. The summed E-state index contributed by atoms with van der Waals surface area (Å²) in [6.07, 6.45) is 2.63. The zero-order chi connectivity index (χ0) is 22.6. The van der Waals surface area contributed by atoms with Crippen molar-refractivity contribution in [1.29, 1.82) is 0 Å². The largest absolute Gasteiger partial charge is 0.478 e. The Labute approximate surface area is 181 Å². The van der Waals surface area contributed by atoms with E-state index in [1.165, 1.54) is 18.3 Å². The van der Waals surface area contributed by atoms with E-state index in [4.69, 9.17) is 4.74 Å². The number of sulfonamides is 1. The summed E-state index contributed by atoms with van der Waals surface area (Å²) in [4.78, 5) is 30.1. The summed E-state index contributed by atoms with van der Waals surface area (Å²) in [5.74, 6) is -1.72. The fraction of sp³-hybridized carbons (Fsp3) is 0.381. The minimum Gasteiger partial charge on any atom is -0.478 e. The van der Waals surface area contributed by atoms with Gasteiger partial charge in [-0.2, -0.15) is 0 Å². The van der Waals surface area contributed by atoms with Crippen molar-refractivity contribution in [2.75, 3.05) is 29.3 Å². The maximum absolute atomic E-state index is 12.7. The first-order valence-electron chi connectivity index (χ1n) is 9.96. The topological polar surface area (TPSA) is 126 Å². The van der Waals surface area contributed by atoms with Gasteiger partial charge in [-0.15, -0.1) is 0 Å². The minimum absolute atomic E-state index is 0.0448. The van der Waals surface area contributed by atoms with Crippen LogP contribution in [-0.4, -0.2) is 50.1 Å². The maximum Gasteiger partial charge on any atom is 0.339 e. The third-order valence-corrected chi connectivity index (χ3v) is 6.61. The average molecular weight is 448 g/mol. The molecule has 166 valence electrons. The van der Waals surface area contributed by atoms with Gasteiger partial charge in [0.1, 0.15) is 11.4 Å². The van der Waals surface area contributed by atoms with Crippen LogP contribution in [0.2, 0.25) is 0 Å². The lowest BCUT2D eigenvalue weighted by molar-refractivity contribution is -0.148. The Morgan fingerprint density at radius 2 is 2.06 bits per heavy atom. The molecule has 0 saturated carbocycles. The summed E-state index contributed by atoms with van der Waals surface area (Å²) in [6, 6.07) is 7.74. The fourth-order valence-corrected chi connectivity index (χ4v) is 4.89. The highest BCUT2D eigenvalue weighted by Gasteiger charge is 2.30. The molecule has 3 rings (SSSR count). The number of carbonyl (C=O) groups excluding carboxylic acids is 1. The van der Waals surface area contributed by atoms with Gasteiger partial charge >= 0.3 is 11.9 Å². The Bertz CT molecular complexity index is 1090. The maximum atomic E-state index is 12.7. The van der Waals surface area contributed by atoms with Gasteiger partial charge < -0.3 is 14.7 Å². The molecule has 31 heavy (non-hydrogen) atoms. The zero-order valence-electron chi connectivity index (χ0n) is 17.4. The van der Waals surface area contributed by atoms with E-state index >= 15 is 0 Å². The zero-order valence-corrected chi connectivity index (χ0v) is 18.2. The van der Waals surface area contributed by atoms with Gasteiger partial charge in [-0.3, -0.25) is 9.52 Å². The summed E-state index contributed by atoms with van der Waals surface area (Å²) in [7, 11) is -3.91. The quantitative estimate of drug-likeness (QED) is 0.621. The molecule has 1 aromatic carbocycles. The monoisotopic (exact) mass is 447 g/mol. The van der Waals surface area contributed by atoms with Crippen LogP contribution < -0.4 is 9.62 Å². The molecule has 1 atom stereocenters. The Kier molecular flexibility index (Phi) is 6.79. The fourth-order valence-electron chi connectivity index (χ4n) is 3.61. The number of hydrogen-bond donors (Lipinski definition) is 2. The number of anilines is 2. The molecule has 1 saturated heterocycles. The van der Waals surface area contributed by atoms with Gasteiger partial charge in [0.2, 0.25) is 0 Å². The number of ether oxygens (including phenoxy) is 1. The molecule has 1 aromatic heterocycles. The molecule has 1 aliphatic heterocycles. The second-order valence-corrected chi connectivity index (χ2v) is 8.96. The lowest BCUT2D eigenvalue weighted by Crippen LogP contribution is -2.40. The summed E-state index contributed by atoms with van der Waals surface area (Å²) in [5, 5.41) is 9.70. The predicted molar refractivity (Wildman–Crippen MR) is 115 cm³/mol. The molecule has 0 spiro atoms. The molecule has 0 amide bonds. The molecule has 10 heteroatoms. The highest BCUT2D eigenvalue weighted by atomic mass is 32.2. The standard InChI is InChI=1S/C21H25N3O6S/c1-3-30-21(27)15-8-6-10-24(13-15)19-17(20(25)26)11-16(12-22-19)23-31(28,29)18-9-5-4-7-14(18)2/h4-5,7,9,11-12,15,23H,3,6,8,10,13H2,1-2H3,(H,25,26). The van der Waals surface area contributed by atoms with Gasteiger partial charge in [-0.25, -0.2) is 18.2 Å². The van der Waals surface area contributed by atoms with Crippen LogP contribution in [0.15, 0.2) is 41.4 Å². The number of carbonyl (C=O) groups is 2. The van der Waals surface area contributed by atoms with Crippen molar-refractivity contribution < 1.29 is 27.9 Å². The van der Waals surface area contributed by atoms with Crippen LogP contribution in [0.5, 0.6) is 0 Å². The van der Waals surface area contributed by atoms with Crippen LogP contribution >= 0.6 is 0 Å². The Balaban J connectivity index is 1.87. The van der Waals surface area contributed by atoms with Crippen molar-refractivity contribution in [1.82, 2.24) is 4.98 Å². The first kappa shape index (κ1) is 22.5. The van der Waals surface area contributed by atoms with E-state index in [1.54, 1.807) is 36.9 Å². The van der Waals surface area contributed by atoms with Crippen LogP contribution in [0.25, 0.3) is 0 Å². The van der Waals surface area contributed by atoms with Gasteiger partial charge in [-0.05, 0) is 44.4 Å². The van der Waals surface area contributed by atoms with Crippen molar-refractivity contribution in [3.63, 3.8) is 0 Å². The van der Waals surface area contributed by atoms with Crippen LogP contribution in [-0.2, 0) is 19.6 Å². The number of hydrogen-bond acceptors (Lipinski definition) is 7. The molecule has 0 bridgehead atoms. The summed E-state index contributed by atoms with van der Waals surface area (Å²) < 4.78 is 32.9. The number of carboxylic acids is 1. The van der Waals surface area contributed by atoms with Gasteiger partial charge in [0.15, 0.2) is 0 Å². The van der Waals surface area contributed by atoms with Crippen molar-refractivity contribution in [2.24, 2.45) is 5.92 Å². The Hall–Kier alpha value is -3.14. The van der Waals surface area contributed by atoms with Gasteiger partial charge in [0, 0.05) is 13.1 Å². The molecule has 1 unspecified atom stereocenters. The van der Waals surface area contributed by atoms with Crippen LogP contribution in [0.4, 0.5) is 11.5 Å². The highest BCUT2D eigenvalue weighted by Crippen LogP contribution is 2.28. The van der Waals surface area contributed by atoms with Crippen LogP contribution in [0, 0.1) is 12.8 Å². The third-order valence-electron chi connectivity index (χ3n) is 5.07. The summed E-state index contributed by atoms with van der Waals surface area (Å²) >= 11 is 0. The molecule has 2 heterocycles. The first-order valence-corrected chi connectivity index (χ1v) is 11.4. The molecule has 0 radical (unpaired) electrons. The molecular weight excluding hydrogens is 422 g/mol. The van der Waals surface area contributed by atoms with Gasteiger partial charge in [-0.1, -0.05) is 18.2 Å². The van der Waals surface area contributed by atoms with Crippen LogP contribution in [0.3, 0.4) is 0 Å². The average Bonchev–Trinajstić information content (AvgIpc) is 2.74. The van der Waals surface area contributed by atoms with E-state index in [9.17, 15) is 23.1 Å². The second-order valence-electron chi connectivity index (χ2n) is 7.31. The lowest BCUT2D eigenvalue weighted by atomic mass is 9.98. The van der Waals surface area contributed by atoms with E-state index < -0.39 is 16.0 Å². The number of aryl methyl sites for hydroxylation is 1. The number of aromatic carboxylic acids is 1. The minimum atomic E-state index is -3.91. The Morgan fingerprint density at radius 3 is 2.74 bits per heavy atom. The molecule has 1 fully saturated rings. The predicted octanol–water partition coefficient (Wildman–Crippen LogP) is 2.67. The SMILES string of the molecule is CCOC(=O)C1CCCN(c2ncc(NS(=O)(=O)c3ccccc3C)cc2C(=O)O)C1. The van der Waals surface area contributed by atoms with Gasteiger partial charge in [0.25, 0.3) is 10.0 Å². The van der Waals surface area contributed by atoms with Crippen molar-refractivity contribution in [3.05, 3.63) is 47.7 Å². The number of nitrogens with zero attached hydrogens (tertiary/aromatic N) is 2. The number of pyridine rings is 1. The molecule has 2 N–H and O–H groups in total. The first-order chi connectivity index (χ1) is 14.7. The number of piperidine rings is 1. The number of rotatable bonds is 7. The normalized spacial score (nSPS) is 16.6. The summed E-state index contributed by atoms with van der Waals surface area (Å²) in [5.41, 5.74) is 0.467. The number of nitrogens with one attached hydrogen (secondary N) is 1. The van der Waals surface area contributed by atoms with E-state index in [-0.39, 0.29) is 40.5 Å². The van der Waals surface area contributed by atoms with E-state index in [0.29, 0.717) is 31.5 Å². The third kappa shape index (κ3) is 5.13. The smallest absolute Gasteiger partial charge is 0.339 e. The molecule has 0 aliphatic carbocycles. The lowest BCUT2D eigenvalue weighted by Gasteiger charge is -2.33. The Morgan fingerprint density at radius 1 is 1.32 bits per heavy atom. The van der Waals surface area contributed by atoms with Crippen molar-refractivity contribution in [2.45, 2.75) is 31.6 Å². The van der Waals surface area contributed by atoms with E-state index in [1.807, 2.05) is 0 Å². The molecular formula is C21H25N3O6S. The van der Waals surface area contributed by atoms with Crippen molar-refractivity contribution in [3.8, 4) is 0 Å². The van der Waals surface area contributed by atoms with Crippen LogP contribution in [0.1, 0.15) is 35.7 Å². The number of carboxylic acid groups (broad SMARTS) is 1. The van der Waals surface area contributed by atoms with Gasteiger partial charge in [0.05, 0.1) is 29.3 Å². The molecule has 9 nitrogen and oxygen atoms in total. The summed E-state index contributed by atoms with van der Waals surface area (Å²) in [6.45, 7) is 4.52. The highest BCUT2D eigenvalue weighted by molar-refractivity contribution is 7.92. The molecule has 2 aromatic rings. The van der Waals surface area contributed by atoms with Crippen molar-refractivity contribution >= 4 is 33.5 Å². The number of esters is 1. The van der Waals surface area contributed by atoms with E-state index in [0.717, 1.165) is 0 Å². The second kappa shape index (κ2) is 9.34. The molecule has 1 aliphatic rings. The number of benzene rings is 1.